The van der Waals surface area contributed by atoms with Crippen LogP contribution in [0.2, 0.25) is 0 Å². The van der Waals surface area contributed by atoms with Crippen molar-refractivity contribution in [3.8, 4) is 0 Å². The number of carbonyl (C=O) groups excluding carboxylic acids is 2. The normalized spacial score (nSPS) is 17.7. The highest BCUT2D eigenvalue weighted by atomic mass is 19.1. The molecule has 1 aromatic carbocycles. The molecular weight excluding hydrogens is 349 g/mol. The van der Waals surface area contributed by atoms with Crippen molar-refractivity contribution in [2.75, 3.05) is 13.1 Å². The summed E-state index contributed by atoms with van der Waals surface area (Å²) in [5.74, 6) is 0.142. The van der Waals surface area contributed by atoms with Gasteiger partial charge in [0.25, 0.3) is 0 Å². The Morgan fingerprint density at radius 1 is 1.37 bits per heavy atom. The third-order valence-corrected chi connectivity index (χ3v) is 4.58. The first-order chi connectivity index (χ1) is 12.8. The van der Waals surface area contributed by atoms with E-state index in [4.69, 9.17) is 4.42 Å². The average Bonchev–Trinajstić information content (AvgIpc) is 3.10. The van der Waals surface area contributed by atoms with E-state index in [1.54, 1.807) is 18.3 Å². The largest absolute Gasteiger partial charge is 0.445 e. The van der Waals surface area contributed by atoms with E-state index < -0.39 is 11.9 Å². The van der Waals surface area contributed by atoms with Crippen molar-refractivity contribution in [2.24, 2.45) is 0 Å². The Kier molecular flexibility index (Phi) is 5.30. The number of nitrogens with one attached hydrogen (secondary N) is 1. The number of oxazole rings is 1. The molecule has 2 aromatic rings. The first-order valence-corrected chi connectivity index (χ1v) is 9.04. The predicted octanol–water partition coefficient (Wildman–Crippen LogP) is 2.74. The molecule has 3 rings (SSSR count). The van der Waals surface area contributed by atoms with Gasteiger partial charge in [-0.25, -0.2) is 9.37 Å². The zero-order valence-electron chi connectivity index (χ0n) is 15.8. The molecule has 0 spiro atoms. The van der Waals surface area contributed by atoms with Crippen molar-refractivity contribution in [2.45, 2.75) is 45.1 Å². The minimum atomic E-state index is -0.956. The van der Waals surface area contributed by atoms with Crippen LogP contribution in [0.4, 0.5) is 4.39 Å². The van der Waals surface area contributed by atoms with Crippen LogP contribution in [-0.4, -0.2) is 34.8 Å². The van der Waals surface area contributed by atoms with Crippen LogP contribution in [0.5, 0.6) is 0 Å². The fourth-order valence-corrected chi connectivity index (χ4v) is 3.07. The molecule has 0 radical (unpaired) electrons. The summed E-state index contributed by atoms with van der Waals surface area (Å²) in [6, 6.07) is 5.09. The number of amides is 2. The van der Waals surface area contributed by atoms with Crippen LogP contribution in [0.1, 0.15) is 50.4 Å². The monoisotopic (exact) mass is 373 g/mol. The highest BCUT2D eigenvalue weighted by molar-refractivity contribution is 5.89. The minimum Gasteiger partial charge on any atom is -0.445 e. The van der Waals surface area contributed by atoms with E-state index in [2.05, 4.69) is 10.3 Å². The zero-order valence-corrected chi connectivity index (χ0v) is 15.8. The van der Waals surface area contributed by atoms with Crippen LogP contribution in [0, 0.1) is 5.82 Å². The number of hydrogen-bond donors (Lipinski definition) is 1. The molecule has 0 aliphatic carbocycles. The molecule has 1 N–H and O–H groups in total. The maximum Gasteiger partial charge on any atom is 0.247 e. The van der Waals surface area contributed by atoms with Gasteiger partial charge in [0, 0.05) is 36.9 Å². The Morgan fingerprint density at radius 3 is 2.78 bits per heavy atom. The lowest BCUT2D eigenvalue weighted by molar-refractivity contribution is -0.143. The molecule has 27 heavy (non-hydrogen) atoms. The first kappa shape index (κ1) is 19.1. The summed E-state index contributed by atoms with van der Waals surface area (Å²) >= 11 is 0. The minimum absolute atomic E-state index is 0.141. The topological polar surface area (TPSA) is 75.4 Å². The highest BCUT2D eigenvalue weighted by Gasteiger charge is 2.35. The molecule has 1 atom stereocenters. The number of carbonyl (C=O) groups is 2. The molecule has 0 saturated carbocycles. The molecule has 1 unspecified atom stereocenters. The number of rotatable bonds is 4. The third kappa shape index (κ3) is 4.18. The standard InChI is InChI=1S/C20H24FN3O3/c1-20(2,3)15-12-23-16(27-15)8-9-17(25)24-11-10-22-19(26)18(24)13-6-4-5-7-14(13)21/h4-7,12,18H,8-11H2,1-3H3,(H,22,26). The van der Waals surface area contributed by atoms with E-state index in [0.717, 1.165) is 5.76 Å². The fourth-order valence-electron chi connectivity index (χ4n) is 3.07. The van der Waals surface area contributed by atoms with Crippen LogP contribution >= 0.6 is 0 Å². The molecule has 2 heterocycles. The molecule has 1 aliphatic heterocycles. The van der Waals surface area contributed by atoms with Gasteiger partial charge in [-0.15, -0.1) is 0 Å². The van der Waals surface area contributed by atoms with Crippen LogP contribution in [0.15, 0.2) is 34.9 Å². The van der Waals surface area contributed by atoms with E-state index in [-0.39, 0.29) is 29.2 Å². The zero-order chi connectivity index (χ0) is 19.6. The van der Waals surface area contributed by atoms with Crippen molar-refractivity contribution < 1.29 is 18.4 Å². The average molecular weight is 373 g/mol. The molecule has 6 nitrogen and oxygen atoms in total. The van der Waals surface area contributed by atoms with Crippen molar-refractivity contribution in [3.05, 3.63) is 53.5 Å². The number of hydrogen-bond acceptors (Lipinski definition) is 4. The second-order valence-corrected chi connectivity index (χ2v) is 7.67. The van der Waals surface area contributed by atoms with Crippen molar-refractivity contribution >= 4 is 11.8 Å². The van der Waals surface area contributed by atoms with Gasteiger partial charge in [-0.05, 0) is 6.07 Å². The quantitative estimate of drug-likeness (QED) is 0.894. The summed E-state index contributed by atoms with van der Waals surface area (Å²) in [4.78, 5) is 30.8. The van der Waals surface area contributed by atoms with Crippen LogP contribution in [0.3, 0.4) is 0 Å². The van der Waals surface area contributed by atoms with Crippen molar-refractivity contribution in [1.82, 2.24) is 15.2 Å². The molecule has 0 bridgehead atoms. The molecule has 2 amide bonds. The van der Waals surface area contributed by atoms with Crippen molar-refractivity contribution in [3.63, 3.8) is 0 Å². The molecule has 1 fully saturated rings. The summed E-state index contributed by atoms with van der Waals surface area (Å²) in [5, 5.41) is 2.71. The van der Waals surface area contributed by atoms with E-state index in [1.807, 2.05) is 20.8 Å². The number of piperazine rings is 1. The number of halogens is 1. The van der Waals surface area contributed by atoms with Gasteiger partial charge in [-0.3, -0.25) is 9.59 Å². The van der Waals surface area contributed by atoms with E-state index in [9.17, 15) is 14.0 Å². The third-order valence-electron chi connectivity index (χ3n) is 4.58. The summed E-state index contributed by atoms with van der Waals surface area (Å²) in [6.45, 7) is 6.75. The highest BCUT2D eigenvalue weighted by Crippen LogP contribution is 2.27. The molecular formula is C20H24FN3O3. The Hall–Kier alpha value is -2.70. The van der Waals surface area contributed by atoms with Crippen LogP contribution in [-0.2, 0) is 21.4 Å². The molecule has 7 heteroatoms. The lowest BCUT2D eigenvalue weighted by atomic mass is 9.94. The van der Waals surface area contributed by atoms with E-state index in [0.29, 0.717) is 25.4 Å². The van der Waals surface area contributed by atoms with Gasteiger partial charge in [0.2, 0.25) is 11.8 Å². The van der Waals surface area contributed by atoms with Gasteiger partial charge in [0.15, 0.2) is 5.89 Å². The maximum absolute atomic E-state index is 14.2. The smallest absolute Gasteiger partial charge is 0.247 e. The van der Waals surface area contributed by atoms with Gasteiger partial charge in [-0.1, -0.05) is 39.0 Å². The fraction of sp³-hybridized carbons (Fsp3) is 0.450. The second kappa shape index (κ2) is 7.50. The number of aromatic nitrogens is 1. The Bertz CT molecular complexity index is 841. The van der Waals surface area contributed by atoms with Crippen LogP contribution < -0.4 is 5.32 Å². The Labute approximate surface area is 157 Å². The lowest BCUT2D eigenvalue weighted by Gasteiger charge is -2.35. The lowest BCUT2D eigenvalue weighted by Crippen LogP contribution is -2.52. The van der Waals surface area contributed by atoms with Gasteiger partial charge in [0.05, 0.1) is 6.20 Å². The summed E-state index contributed by atoms with van der Waals surface area (Å²) in [7, 11) is 0. The second-order valence-electron chi connectivity index (χ2n) is 7.67. The van der Waals surface area contributed by atoms with Crippen molar-refractivity contribution in [1.29, 1.82) is 0 Å². The molecule has 1 saturated heterocycles. The molecule has 1 aromatic heterocycles. The van der Waals surface area contributed by atoms with Gasteiger partial charge >= 0.3 is 0 Å². The summed E-state index contributed by atoms with van der Waals surface area (Å²) in [6.07, 6.45) is 2.15. The SMILES string of the molecule is CC(C)(C)c1cnc(CCC(=O)N2CCNC(=O)C2c2ccccc2F)o1. The predicted molar refractivity (Wildman–Crippen MR) is 97.4 cm³/mol. The van der Waals surface area contributed by atoms with Gasteiger partial charge in [-0.2, -0.15) is 0 Å². The van der Waals surface area contributed by atoms with Crippen LogP contribution in [0.25, 0.3) is 0 Å². The first-order valence-electron chi connectivity index (χ1n) is 9.04. The number of nitrogens with zero attached hydrogens (tertiary/aromatic N) is 2. The molecule has 144 valence electrons. The Morgan fingerprint density at radius 2 is 2.11 bits per heavy atom. The van der Waals surface area contributed by atoms with Gasteiger partial charge in [0.1, 0.15) is 17.6 Å². The maximum atomic E-state index is 14.2. The number of benzene rings is 1. The van der Waals surface area contributed by atoms with E-state index in [1.165, 1.54) is 17.0 Å². The summed E-state index contributed by atoms with van der Waals surface area (Å²) < 4.78 is 19.9. The molecule has 1 aliphatic rings. The Balaban J connectivity index is 1.73. The number of aryl methyl sites for hydroxylation is 1. The summed E-state index contributed by atoms with van der Waals surface area (Å²) in [5.41, 5.74) is 0.0464. The van der Waals surface area contributed by atoms with E-state index >= 15 is 0 Å². The van der Waals surface area contributed by atoms with Gasteiger partial charge < -0.3 is 14.6 Å².